The molecule has 0 bridgehead atoms. The van der Waals surface area contributed by atoms with Crippen LogP contribution in [0.2, 0.25) is 0 Å². The van der Waals surface area contributed by atoms with Crippen molar-refractivity contribution in [1.29, 1.82) is 0 Å². The number of hydrogen-bond donors (Lipinski definition) is 2. The van der Waals surface area contributed by atoms with Gasteiger partial charge in [-0.25, -0.2) is 0 Å². The van der Waals surface area contributed by atoms with Crippen LogP contribution in [-0.4, -0.2) is 22.9 Å². The Hall–Kier alpha value is -2.69. The summed E-state index contributed by atoms with van der Waals surface area (Å²) in [4.78, 5) is 0. The number of nitrogen functional groups attached to an aromatic ring is 1. The number of anilines is 1. The molecule has 1 aliphatic heterocycles. The lowest BCUT2D eigenvalue weighted by Crippen LogP contribution is -2.29. The topological polar surface area (TPSA) is 73.2 Å². The number of nitrogens with one attached hydrogen (secondary N) is 1. The van der Waals surface area contributed by atoms with Crippen molar-refractivity contribution in [3.63, 3.8) is 0 Å². The zero-order chi connectivity index (χ0) is 14.9. The van der Waals surface area contributed by atoms with Crippen molar-refractivity contribution in [2.24, 2.45) is 0 Å². The van der Waals surface area contributed by atoms with Crippen LogP contribution in [0.15, 0.2) is 42.5 Å². The number of H-pyrrole nitrogens is 1. The molecule has 3 N–H and O–H groups in total. The Labute approximate surface area is 128 Å². The predicted molar refractivity (Wildman–Crippen MR) is 85.2 cm³/mol. The third kappa shape index (κ3) is 2.35. The minimum absolute atomic E-state index is 0.0762. The van der Waals surface area contributed by atoms with Gasteiger partial charge in [0.25, 0.3) is 0 Å². The molecule has 2 aromatic carbocycles. The zero-order valence-corrected chi connectivity index (χ0v) is 12.1. The van der Waals surface area contributed by atoms with Crippen molar-refractivity contribution < 1.29 is 9.47 Å². The van der Waals surface area contributed by atoms with Gasteiger partial charge in [0.1, 0.15) is 12.7 Å². The maximum atomic E-state index is 5.98. The second-order valence-electron chi connectivity index (χ2n) is 5.53. The fourth-order valence-corrected chi connectivity index (χ4v) is 2.77. The highest BCUT2D eigenvalue weighted by atomic mass is 16.6. The summed E-state index contributed by atoms with van der Waals surface area (Å²) in [6.45, 7) is 0.590. The number of nitrogens with two attached hydrogens (primary N) is 1. The highest BCUT2D eigenvalue weighted by molar-refractivity contribution is 5.88. The summed E-state index contributed by atoms with van der Waals surface area (Å²) in [7, 11) is 0. The van der Waals surface area contributed by atoms with Crippen molar-refractivity contribution in [3.05, 3.63) is 48.0 Å². The molecule has 0 fully saturated rings. The molecule has 0 radical (unpaired) electrons. The number of aromatic amines is 1. The highest BCUT2D eigenvalue weighted by Gasteiger charge is 2.20. The summed E-state index contributed by atoms with van der Waals surface area (Å²) in [6.07, 6.45) is 1.89. The van der Waals surface area contributed by atoms with E-state index < -0.39 is 0 Å². The van der Waals surface area contributed by atoms with E-state index in [4.69, 9.17) is 15.2 Å². The lowest BCUT2D eigenvalue weighted by molar-refractivity contribution is 0.0851. The lowest BCUT2D eigenvalue weighted by atomic mass is 10.0. The van der Waals surface area contributed by atoms with E-state index in [0.717, 1.165) is 35.2 Å². The van der Waals surface area contributed by atoms with Crippen LogP contribution in [0.25, 0.3) is 10.9 Å². The Bertz CT molecular complexity index is 813. The minimum atomic E-state index is 0.0762. The van der Waals surface area contributed by atoms with Gasteiger partial charge in [-0.2, -0.15) is 5.10 Å². The Morgan fingerprint density at radius 1 is 1.18 bits per heavy atom. The first-order chi connectivity index (χ1) is 10.8. The van der Waals surface area contributed by atoms with E-state index in [9.17, 15) is 0 Å². The Morgan fingerprint density at radius 3 is 2.95 bits per heavy atom. The Morgan fingerprint density at radius 2 is 2.05 bits per heavy atom. The molecule has 112 valence electrons. The van der Waals surface area contributed by atoms with E-state index in [1.54, 1.807) is 0 Å². The molecular weight excluding hydrogens is 278 g/mol. The van der Waals surface area contributed by atoms with Gasteiger partial charge < -0.3 is 15.2 Å². The van der Waals surface area contributed by atoms with Gasteiger partial charge in [0, 0.05) is 5.39 Å². The number of ether oxygens (including phenoxy) is 2. The maximum absolute atomic E-state index is 5.98. The highest BCUT2D eigenvalue weighted by Crippen LogP contribution is 2.32. The quantitative estimate of drug-likeness (QED) is 0.779. The summed E-state index contributed by atoms with van der Waals surface area (Å²) >= 11 is 0. The lowest BCUT2D eigenvalue weighted by Gasteiger charge is -2.26. The summed E-state index contributed by atoms with van der Waals surface area (Å²) in [6, 6.07) is 14.0. The number of rotatable bonds is 3. The van der Waals surface area contributed by atoms with Gasteiger partial charge in [-0.05, 0) is 42.7 Å². The summed E-state index contributed by atoms with van der Waals surface area (Å²) < 4.78 is 11.7. The number of aromatic nitrogens is 2. The summed E-state index contributed by atoms with van der Waals surface area (Å²) in [5, 5.41) is 7.91. The predicted octanol–water partition coefficient (Wildman–Crippen LogP) is 2.92. The first-order valence-corrected chi connectivity index (χ1v) is 7.40. The monoisotopic (exact) mass is 295 g/mol. The molecule has 4 rings (SSSR count). The molecule has 0 aliphatic carbocycles. The number of nitrogens with zero attached hydrogens (tertiary/aromatic N) is 1. The van der Waals surface area contributed by atoms with Crippen LogP contribution in [0.3, 0.4) is 0 Å². The van der Waals surface area contributed by atoms with Gasteiger partial charge in [-0.15, -0.1) is 0 Å². The van der Waals surface area contributed by atoms with Crippen LogP contribution in [0.5, 0.6) is 11.5 Å². The molecule has 0 spiro atoms. The van der Waals surface area contributed by atoms with Crippen LogP contribution in [0, 0.1) is 0 Å². The molecule has 2 heterocycles. The first-order valence-electron chi connectivity index (χ1n) is 7.40. The Kier molecular flexibility index (Phi) is 3.11. The average molecular weight is 295 g/mol. The van der Waals surface area contributed by atoms with Crippen LogP contribution in [0.4, 0.5) is 5.82 Å². The van der Waals surface area contributed by atoms with Gasteiger partial charge in [0.2, 0.25) is 0 Å². The molecule has 1 aliphatic rings. The van der Waals surface area contributed by atoms with Crippen molar-refractivity contribution in [1.82, 2.24) is 10.2 Å². The number of benzene rings is 2. The second-order valence-corrected chi connectivity index (χ2v) is 5.53. The number of aryl methyl sites for hydroxylation is 1. The van der Waals surface area contributed by atoms with E-state index in [1.165, 1.54) is 5.56 Å². The fraction of sp³-hybridized carbons (Fsp3) is 0.235. The molecule has 1 atom stereocenters. The minimum Gasteiger partial charge on any atom is -0.486 e. The van der Waals surface area contributed by atoms with Crippen LogP contribution >= 0.6 is 0 Å². The van der Waals surface area contributed by atoms with Crippen molar-refractivity contribution in [3.8, 4) is 11.5 Å². The Balaban J connectivity index is 1.45. The molecular formula is C17H17N3O2. The van der Waals surface area contributed by atoms with Gasteiger partial charge in [-0.1, -0.05) is 18.2 Å². The SMILES string of the molecule is Nc1n[nH]c2ccc(CC[C@@H]3COc4ccccc4O3)cc12. The molecule has 1 aromatic heterocycles. The third-order valence-electron chi connectivity index (χ3n) is 3.98. The van der Waals surface area contributed by atoms with Gasteiger partial charge in [0.15, 0.2) is 17.3 Å². The smallest absolute Gasteiger partial charge is 0.161 e. The standard InChI is InChI=1S/C17H17N3O2/c18-17-13-9-11(6-8-14(13)19-20-17)5-7-12-10-21-15-3-1-2-4-16(15)22-12/h1-4,6,8-9,12H,5,7,10H2,(H3,18,19,20)/t12-/m1/s1. The number of hydrogen-bond acceptors (Lipinski definition) is 4. The van der Waals surface area contributed by atoms with E-state index in [0.29, 0.717) is 12.4 Å². The molecule has 5 heteroatoms. The van der Waals surface area contributed by atoms with Gasteiger partial charge in [-0.3, -0.25) is 5.10 Å². The van der Waals surface area contributed by atoms with Crippen LogP contribution < -0.4 is 15.2 Å². The largest absolute Gasteiger partial charge is 0.486 e. The van der Waals surface area contributed by atoms with Gasteiger partial charge >= 0.3 is 0 Å². The molecule has 0 saturated carbocycles. The third-order valence-corrected chi connectivity index (χ3v) is 3.98. The molecule has 5 nitrogen and oxygen atoms in total. The van der Waals surface area contributed by atoms with Crippen molar-refractivity contribution in [2.75, 3.05) is 12.3 Å². The van der Waals surface area contributed by atoms with E-state index >= 15 is 0 Å². The van der Waals surface area contributed by atoms with Crippen LogP contribution in [0.1, 0.15) is 12.0 Å². The molecule has 0 saturated heterocycles. The van der Waals surface area contributed by atoms with E-state index in [1.807, 2.05) is 30.3 Å². The number of fused-ring (bicyclic) bond motifs is 2. The molecule has 3 aromatic rings. The molecule has 22 heavy (non-hydrogen) atoms. The molecule has 0 amide bonds. The van der Waals surface area contributed by atoms with E-state index in [-0.39, 0.29) is 6.10 Å². The number of para-hydroxylation sites is 2. The van der Waals surface area contributed by atoms with E-state index in [2.05, 4.69) is 22.3 Å². The first kappa shape index (κ1) is 13.0. The molecule has 0 unspecified atom stereocenters. The fourth-order valence-electron chi connectivity index (χ4n) is 2.77. The summed E-state index contributed by atoms with van der Waals surface area (Å²) in [5.74, 6) is 2.20. The normalized spacial score (nSPS) is 16.8. The summed E-state index contributed by atoms with van der Waals surface area (Å²) in [5.41, 5.74) is 8.04. The van der Waals surface area contributed by atoms with Crippen molar-refractivity contribution in [2.45, 2.75) is 18.9 Å². The maximum Gasteiger partial charge on any atom is 0.161 e. The second kappa shape index (κ2) is 5.26. The zero-order valence-electron chi connectivity index (χ0n) is 12.1. The van der Waals surface area contributed by atoms with Gasteiger partial charge in [0.05, 0.1) is 5.52 Å². The van der Waals surface area contributed by atoms with Crippen LogP contribution in [-0.2, 0) is 6.42 Å². The van der Waals surface area contributed by atoms with Crippen molar-refractivity contribution >= 4 is 16.7 Å². The average Bonchev–Trinajstić information content (AvgIpc) is 2.93.